The molecule has 5 aromatic heterocycles. The Hall–Kier alpha value is -9.32. The van der Waals surface area contributed by atoms with Gasteiger partial charge in [0.1, 0.15) is 5.52 Å². The fraction of sp³-hybridized carbons (Fsp3) is 0.277. The van der Waals surface area contributed by atoms with E-state index < -0.39 is 10.8 Å². The van der Waals surface area contributed by atoms with Crippen LogP contribution in [0.15, 0.2) is 161 Å². The summed E-state index contributed by atoms with van der Waals surface area (Å²) in [5.74, 6) is -0.716. The van der Waals surface area contributed by atoms with Crippen LogP contribution in [0.3, 0.4) is 0 Å². The summed E-state index contributed by atoms with van der Waals surface area (Å²) in [7, 11) is 0. The molecule has 0 saturated carbocycles. The lowest BCUT2D eigenvalue weighted by Crippen LogP contribution is -2.29. The van der Waals surface area contributed by atoms with Crippen LogP contribution < -0.4 is 0 Å². The van der Waals surface area contributed by atoms with E-state index in [1.54, 1.807) is 57.5 Å². The van der Waals surface area contributed by atoms with Crippen LogP contribution in [0.4, 0.5) is 0 Å². The summed E-state index contributed by atoms with van der Waals surface area (Å²) in [5.41, 5.74) is 14.4. The Balaban J connectivity index is 1.01. The Morgan fingerprint density at radius 2 is 0.766 bits per heavy atom. The summed E-state index contributed by atoms with van der Waals surface area (Å²) < 4.78 is 8.11. The minimum atomic E-state index is -1.04. The van der Waals surface area contributed by atoms with Crippen LogP contribution in [0.25, 0.3) is 83.7 Å². The molecule has 12 aromatic rings. The largest absolute Gasteiger partial charge is 0.289 e. The number of hydrogen-bond acceptors (Lipinski definition) is 11. The average molecular weight is 1610 g/mol. The topological polar surface area (TPSA) is 129 Å². The van der Waals surface area contributed by atoms with E-state index in [1.165, 1.54) is 60.1 Å². The fourth-order valence-electron chi connectivity index (χ4n) is 17.6. The van der Waals surface area contributed by atoms with Crippen molar-refractivity contribution < 1.29 is 14.2 Å². The molecule has 16 rings (SSSR count). The molecule has 0 spiro atoms. The first-order valence-electron chi connectivity index (χ1n) is 38.6. The summed E-state index contributed by atoms with van der Waals surface area (Å²) in [6, 6.07) is 52.0. The molecule has 552 valence electrons. The van der Waals surface area contributed by atoms with E-state index in [0.717, 1.165) is 197 Å². The summed E-state index contributed by atoms with van der Waals surface area (Å²) in [6.45, 7) is 25.5. The van der Waals surface area contributed by atoms with Gasteiger partial charge in [0, 0.05) is 69.8 Å². The molecule has 5 heterocycles. The first-order valence-corrected chi connectivity index (χ1v) is 43.4. The fourth-order valence-corrected chi connectivity index (χ4v) is 23.7. The zero-order valence-electron chi connectivity index (χ0n) is 62.1. The molecule has 0 saturated heterocycles. The van der Waals surface area contributed by atoms with Crippen LogP contribution in [0.1, 0.15) is 239 Å². The predicted molar refractivity (Wildman–Crippen MR) is 460 cm³/mol. The molecule has 0 aliphatic heterocycles. The number of unbranched alkanes of at least 4 members (excludes halogenated alkanes) is 12. The molecule has 0 amide bonds. The highest BCUT2D eigenvalue weighted by Crippen LogP contribution is 2.69. The van der Waals surface area contributed by atoms with Crippen LogP contribution >= 0.6 is 91.8 Å². The van der Waals surface area contributed by atoms with Gasteiger partial charge in [0.05, 0.1) is 80.4 Å². The summed E-state index contributed by atoms with van der Waals surface area (Å²) in [6.07, 6.45) is 25.6. The van der Waals surface area contributed by atoms with Crippen molar-refractivity contribution in [2.45, 2.75) is 167 Å². The third kappa shape index (κ3) is 12.8. The van der Waals surface area contributed by atoms with Gasteiger partial charge in [-0.05, 0) is 177 Å². The number of nitrogens with zero attached hydrogens (tertiary/aromatic N) is 6. The molecule has 111 heavy (non-hydrogen) atoms. The second-order valence-electron chi connectivity index (χ2n) is 29.6. The molecule has 0 atom stereocenters. The molecule has 17 heteroatoms. The van der Waals surface area contributed by atoms with Crippen LogP contribution in [-0.4, -0.2) is 21.9 Å². The van der Waals surface area contributed by atoms with Crippen LogP contribution in [0.5, 0.6) is 0 Å². The second kappa shape index (κ2) is 31.7. The normalized spacial score (nSPS) is 15.8. The van der Waals surface area contributed by atoms with Gasteiger partial charge in [-0.25, -0.2) is 24.8 Å². The van der Waals surface area contributed by atoms with Crippen molar-refractivity contribution in [1.29, 1.82) is 10.5 Å². The number of halogens is 4. The Bertz CT molecular complexity index is 5970. The molecule has 0 fully saturated rings. The van der Waals surface area contributed by atoms with Crippen molar-refractivity contribution in [1.82, 2.24) is 10.3 Å². The molecule has 9 nitrogen and oxygen atoms in total. The predicted octanol–water partition coefficient (Wildman–Crippen LogP) is 28.5. The number of carbonyl (C=O) groups excluding carboxylic acids is 2. The number of benzene rings is 7. The number of carbonyl (C=O) groups is 2. The maximum Gasteiger partial charge on any atom is 0.270 e. The van der Waals surface area contributed by atoms with Crippen LogP contribution in [0, 0.1) is 35.8 Å². The maximum atomic E-state index is 15.1. The molecule has 0 N–H and O–H groups in total. The van der Waals surface area contributed by atoms with E-state index >= 15 is 9.59 Å². The molecule has 4 aliphatic rings. The van der Waals surface area contributed by atoms with Gasteiger partial charge < -0.3 is 0 Å². The molecule has 0 radical (unpaired) electrons. The van der Waals surface area contributed by atoms with Gasteiger partial charge in [0.15, 0.2) is 17.1 Å². The van der Waals surface area contributed by atoms with Crippen molar-refractivity contribution in [2.75, 3.05) is 0 Å². The lowest BCUT2D eigenvalue weighted by Gasteiger charge is -2.34. The Kier molecular flexibility index (Phi) is 21.6. The van der Waals surface area contributed by atoms with E-state index in [4.69, 9.17) is 74.5 Å². The van der Waals surface area contributed by atoms with Gasteiger partial charge in [0.2, 0.25) is 0 Å². The van der Waals surface area contributed by atoms with E-state index in [1.807, 2.05) is 12.2 Å². The number of ketones is 2. The van der Waals surface area contributed by atoms with E-state index in [0.29, 0.717) is 22.2 Å². The second-order valence-corrected chi connectivity index (χ2v) is 35.4. The van der Waals surface area contributed by atoms with Crippen LogP contribution in [0.2, 0.25) is 20.1 Å². The first-order chi connectivity index (χ1) is 54.2. The number of Topliss-reactive ketones (excluding diaryl/α,β-unsaturated/α-hetero) is 2. The molecular weight excluding hydrogens is 1530 g/mol. The number of aryl methyl sites for hydroxylation is 4. The molecule has 0 unspecified atom stereocenters. The molecule has 7 aromatic carbocycles. The zero-order valence-corrected chi connectivity index (χ0v) is 68.3. The average Bonchev–Trinajstić information content (AvgIpc) is 1.49. The van der Waals surface area contributed by atoms with E-state index in [-0.39, 0.29) is 76.5 Å². The number of nitriles is 2. The minimum Gasteiger partial charge on any atom is -0.289 e. The van der Waals surface area contributed by atoms with Gasteiger partial charge in [-0.15, -0.1) is 45.3 Å². The summed E-state index contributed by atoms with van der Waals surface area (Å²) in [4.78, 5) is 43.1. The Morgan fingerprint density at radius 3 is 1.11 bits per heavy atom. The number of aromatic nitrogens is 2. The number of hydrogen-bond donors (Lipinski definition) is 0. The monoisotopic (exact) mass is 1600 g/mol. The highest BCUT2D eigenvalue weighted by molar-refractivity contribution is 7.30. The van der Waals surface area contributed by atoms with E-state index in [9.17, 15) is 10.5 Å². The van der Waals surface area contributed by atoms with Crippen molar-refractivity contribution in [2.24, 2.45) is 0 Å². The van der Waals surface area contributed by atoms with Gasteiger partial charge >= 0.3 is 0 Å². The Morgan fingerprint density at radius 1 is 0.432 bits per heavy atom. The summed E-state index contributed by atoms with van der Waals surface area (Å²) in [5, 5.41) is 34.1. The third-order valence-corrected chi connectivity index (χ3v) is 29.3. The number of rotatable bonds is 26. The third-order valence-electron chi connectivity index (χ3n) is 22.9. The summed E-state index contributed by atoms with van der Waals surface area (Å²) >= 11 is 33.3. The van der Waals surface area contributed by atoms with Crippen molar-refractivity contribution >= 4 is 158 Å². The number of fused-ring (bicyclic) bond motifs is 16. The van der Waals surface area contributed by atoms with Crippen molar-refractivity contribution in [3.63, 3.8) is 0 Å². The van der Waals surface area contributed by atoms with Gasteiger partial charge in [-0.1, -0.05) is 248 Å². The minimum absolute atomic E-state index is 0.193. The van der Waals surface area contributed by atoms with Crippen molar-refractivity contribution in [3.8, 4) is 31.6 Å². The van der Waals surface area contributed by atoms with Crippen molar-refractivity contribution in [3.05, 3.63) is 298 Å². The van der Waals surface area contributed by atoms with E-state index in [2.05, 4.69) is 159 Å². The SMILES string of the molecule is [C-]#[N+]C(C#N)=C1/C(=C/c2cc3c(s2)-c2sc4c(c2C3(c2ccc(CCCCCC)cc2)c2ccc(CCCCCC)cc2)c2nonc2c2sc3c(c24)C(c2ccc(CCCCCC)cc2)(c2ccc(CCCCCC)cc2)c2cc(/C=C4\C(=O)c5cc(Cl)c(Cl)cc5\C4=C(\C#N)[N+]#[C-])sc2-3)C(=O)c2cc(Cl)c(Cl)cc21. The molecule has 0 bridgehead atoms. The number of thiophene rings is 4. The molecular formula is C94H76Cl4N6O3S4. The Labute approximate surface area is 683 Å². The smallest absolute Gasteiger partial charge is 0.270 e. The number of allylic oxidation sites excluding steroid dienone is 6. The first kappa shape index (κ1) is 75.7. The van der Waals surface area contributed by atoms with Crippen LogP contribution in [-0.2, 0) is 36.5 Å². The quantitative estimate of drug-likeness (QED) is 0.0228. The molecule has 4 aliphatic carbocycles. The van der Waals surface area contributed by atoms with Gasteiger partial charge in [-0.2, -0.15) is 0 Å². The standard InChI is InChI=1S/C94H76Cl4N6O3S4/c1-7-11-15-19-23-53-27-35-57(36-28-53)93(58-37-29-54(30-38-58)24-20-16-12-8-2)69-45-61(43-67-77(75(51-99)101-5)63-47-71(95)73(97)49-65(63)85(67)105)108-87(69)91-81(93)79-83-84(104-107-103-83)90-80(89(79)110-91)82-92(111-90)88-70(46-62(109-88)44-68-78(76(52-100)102-6)64-48-72(96)74(98)50-66(64)86(68)106)94(82,59-39-31-55(32-40-59)25-21-17-13-9-3)60-41-33-56(34-42-60)26-22-18-14-10-4/h27-50H,7-26H2,1-4H3/b67-43-,68-44-,77-75?,78-76+. The highest BCUT2D eigenvalue weighted by Gasteiger charge is 2.54. The maximum absolute atomic E-state index is 15.1. The van der Waals surface area contributed by atoms with Gasteiger partial charge in [-0.3, -0.25) is 9.59 Å². The highest BCUT2D eigenvalue weighted by atomic mass is 35.5. The lowest BCUT2D eigenvalue weighted by molar-refractivity contribution is 0.103. The van der Waals surface area contributed by atoms with Gasteiger partial charge in [0.25, 0.3) is 11.4 Å². The zero-order chi connectivity index (χ0) is 77.0. The lowest BCUT2D eigenvalue weighted by atomic mass is 9.66.